The quantitative estimate of drug-likeness (QED) is 0.574. The second kappa shape index (κ2) is 9.88. The van der Waals surface area contributed by atoms with Crippen molar-refractivity contribution in [3.63, 3.8) is 0 Å². The van der Waals surface area contributed by atoms with Gasteiger partial charge in [-0.05, 0) is 88.1 Å². The van der Waals surface area contributed by atoms with Crippen molar-refractivity contribution in [3.8, 4) is 0 Å². The van der Waals surface area contributed by atoms with Crippen LogP contribution in [0, 0.1) is 23.2 Å². The van der Waals surface area contributed by atoms with Gasteiger partial charge in [-0.15, -0.1) is 0 Å². The van der Waals surface area contributed by atoms with Gasteiger partial charge < -0.3 is 15.1 Å². The molecule has 4 aliphatic rings. The molecule has 0 unspecified atom stereocenters. The van der Waals surface area contributed by atoms with Crippen molar-refractivity contribution < 1.29 is 22.8 Å². The summed E-state index contributed by atoms with van der Waals surface area (Å²) in [5, 5.41) is 3.04. The van der Waals surface area contributed by atoms with Crippen molar-refractivity contribution in [2.45, 2.75) is 57.7 Å². The Hall–Kier alpha value is -2.09. The first-order chi connectivity index (χ1) is 16.0. The normalized spacial score (nSPS) is 27.8. The summed E-state index contributed by atoms with van der Waals surface area (Å²) in [5.74, 6) is 1.95. The van der Waals surface area contributed by atoms with Crippen LogP contribution in [0.15, 0.2) is 24.3 Å². The first kappa shape index (κ1) is 25.0. The van der Waals surface area contributed by atoms with Gasteiger partial charge in [0, 0.05) is 38.0 Å². The SMILES string of the molecule is CN(C)CCN(Cc1cccc(C(F)(F)F)c1)C(=O)CCNC(=O)C12CC3CC(CC(C3)C1)C2. The molecule has 0 saturated heterocycles. The molecule has 2 amide bonds. The maximum absolute atomic E-state index is 13.1. The van der Waals surface area contributed by atoms with Crippen molar-refractivity contribution >= 4 is 11.8 Å². The van der Waals surface area contributed by atoms with Crippen LogP contribution in [0.1, 0.15) is 56.1 Å². The average Bonchev–Trinajstić information content (AvgIpc) is 2.75. The minimum atomic E-state index is -4.42. The predicted molar refractivity (Wildman–Crippen MR) is 124 cm³/mol. The van der Waals surface area contributed by atoms with Crippen LogP contribution in [-0.4, -0.2) is 55.3 Å². The van der Waals surface area contributed by atoms with E-state index >= 15 is 0 Å². The lowest BCUT2D eigenvalue weighted by molar-refractivity contribution is -0.146. The minimum absolute atomic E-state index is 0.0946. The van der Waals surface area contributed by atoms with E-state index in [-0.39, 0.29) is 36.7 Å². The summed E-state index contributed by atoms with van der Waals surface area (Å²) in [6, 6.07) is 5.12. The first-order valence-electron chi connectivity index (χ1n) is 12.4. The number of nitrogens with one attached hydrogen (secondary N) is 1. The second-order valence-corrected chi connectivity index (χ2v) is 11.0. The fourth-order valence-electron chi connectivity index (χ4n) is 6.70. The average molecular weight is 480 g/mol. The summed E-state index contributed by atoms with van der Waals surface area (Å²) in [6.07, 6.45) is 2.44. The largest absolute Gasteiger partial charge is 0.416 e. The molecule has 188 valence electrons. The molecule has 0 heterocycles. The van der Waals surface area contributed by atoms with Crippen molar-refractivity contribution in [2.75, 3.05) is 33.7 Å². The monoisotopic (exact) mass is 479 g/mol. The molecule has 0 radical (unpaired) electrons. The molecule has 4 saturated carbocycles. The van der Waals surface area contributed by atoms with Crippen LogP contribution in [0.25, 0.3) is 0 Å². The summed E-state index contributed by atoms with van der Waals surface area (Å²) in [5.41, 5.74) is -0.521. The van der Waals surface area contributed by atoms with Crippen molar-refractivity contribution in [1.82, 2.24) is 15.1 Å². The van der Waals surface area contributed by atoms with E-state index in [1.54, 1.807) is 11.0 Å². The molecule has 0 spiro atoms. The molecular formula is C26H36F3N3O2. The highest BCUT2D eigenvalue weighted by Gasteiger charge is 2.54. The van der Waals surface area contributed by atoms with Crippen LogP contribution in [0.3, 0.4) is 0 Å². The summed E-state index contributed by atoms with van der Waals surface area (Å²) in [7, 11) is 3.78. The van der Waals surface area contributed by atoms with Gasteiger partial charge in [0.1, 0.15) is 0 Å². The van der Waals surface area contributed by atoms with E-state index in [1.165, 1.54) is 25.3 Å². The van der Waals surface area contributed by atoms with Crippen LogP contribution in [-0.2, 0) is 22.3 Å². The maximum atomic E-state index is 13.1. The van der Waals surface area contributed by atoms with Crippen LogP contribution in [0.4, 0.5) is 13.2 Å². The van der Waals surface area contributed by atoms with Crippen molar-refractivity contribution in [1.29, 1.82) is 0 Å². The molecule has 1 aromatic rings. The second-order valence-electron chi connectivity index (χ2n) is 11.0. The fraction of sp³-hybridized carbons (Fsp3) is 0.692. The van der Waals surface area contributed by atoms with Gasteiger partial charge in [-0.1, -0.05) is 12.1 Å². The molecule has 4 bridgehead atoms. The lowest BCUT2D eigenvalue weighted by Gasteiger charge is -2.55. The van der Waals surface area contributed by atoms with Crippen LogP contribution in [0.5, 0.6) is 0 Å². The molecule has 0 aliphatic heterocycles. The van der Waals surface area contributed by atoms with Gasteiger partial charge in [0.2, 0.25) is 11.8 Å². The van der Waals surface area contributed by atoms with Gasteiger partial charge in [0.05, 0.1) is 5.56 Å². The molecular weight excluding hydrogens is 443 g/mol. The molecule has 0 atom stereocenters. The van der Waals surface area contributed by atoms with Crippen LogP contribution in [0.2, 0.25) is 0 Å². The standard InChI is InChI=1S/C26H36F3N3O2/c1-31(2)8-9-32(17-18-4-3-5-22(13-18)26(27,28)29)23(33)6-7-30-24(34)25-14-19-10-20(15-25)12-21(11-19)16-25/h3-5,13,19-21H,6-12,14-17H2,1-2H3,(H,30,34). The number of hydrogen-bond donors (Lipinski definition) is 1. The number of amides is 2. The summed E-state index contributed by atoms with van der Waals surface area (Å²) < 4.78 is 39.3. The summed E-state index contributed by atoms with van der Waals surface area (Å²) in [4.78, 5) is 29.7. The molecule has 8 heteroatoms. The fourth-order valence-corrected chi connectivity index (χ4v) is 6.70. The topological polar surface area (TPSA) is 52.6 Å². The van der Waals surface area contributed by atoms with Gasteiger partial charge >= 0.3 is 6.18 Å². The van der Waals surface area contributed by atoms with E-state index in [0.717, 1.165) is 31.4 Å². The van der Waals surface area contributed by atoms with Crippen LogP contribution < -0.4 is 5.32 Å². The third kappa shape index (κ3) is 5.75. The zero-order chi connectivity index (χ0) is 24.5. The van der Waals surface area contributed by atoms with Crippen LogP contribution >= 0.6 is 0 Å². The van der Waals surface area contributed by atoms with Gasteiger partial charge in [-0.3, -0.25) is 9.59 Å². The van der Waals surface area contributed by atoms with Gasteiger partial charge in [0.15, 0.2) is 0 Å². The number of likely N-dealkylation sites (N-methyl/N-ethyl adjacent to an activating group) is 1. The van der Waals surface area contributed by atoms with Gasteiger partial charge in [-0.2, -0.15) is 13.2 Å². The van der Waals surface area contributed by atoms with E-state index in [1.807, 2.05) is 19.0 Å². The van der Waals surface area contributed by atoms with E-state index in [0.29, 0.717) is 36.4 Å². The zero-order valence-corrected chi connectivity index (χ0v) is 20.2. The number of carbonyl (C=O) groups excluding carboxylic acids is 2. The maximum Gasteiger partial charge on any atom is 0.416 e. The van der Waals surface area contributed by atoms with E-state index in [2.05, 4.69) is 5.32 Å². The Kier molecular flexibility index (Phi) is 7.27. The number of benzene rings is 1. The Morgan fingerprint density at radius 2 is 1.65 bits per heavy atom. The number of rotatable bonds is 9. The Morgan fingerprint density at radius 3 is 2.21 bits per heavy atom. The summed E-state index contributed by atoms with van der Waals surface area (Å²) in [6.45, 7) is 1.38. The number of alkyl halides is 3. The van der Waals surface area contributed by atoms with E-state index in [9.17, 15) is 22.8 Å². The number of nitrogens with zero attached hydrogens (tertiary/aromatic N) is 2. The van der Waals surface area contributed by atoms with Gasteiger partial charge in [0.25, 0.3) is 0 Å². The number of hydrogen-bond acceptors (Lipinski definition) is 3. The molecule has 34 heavy (non-hydrogen) atoms. The highest BCUT2D eigenvalue weighted by molar-refractivity contribution is 5.84. The number of halogens is 3. The molecule has 1 aromatic carbocycles. The molecule has 4 aliphatic carbocycles. The smallest absolute Gasteiger partial charge is 0.355 e. The first-order valence-corrected chi connectivity index (χ1v) is 12.4. The van der Waals surface area contributed by atoms with E-state index < -0.39 is 11.7 Å². The third-order valence-electron chi connectivity index (χ3n) is 7.94. The summed E-state index contributed by atoms with van der Waals surface area (Å²) >= 11 is 0. The van der Waals surface area contributed by atoms with E-state index in [4.69, 9.17) is 0 Å². The molecule has 4 fully saturated rings. The third-order valence-corrected chi connectivity index (χ3v) is 7.94. The molecule has 0 aromatic heterocycles. The highest BCUT2D eigenvalue weighted by atomic mass is 19.4. The highest BCUT2D eigenvalue weighted by Crippen LogP contribution is 2.60. The Bertz CT molecular complexity index is 864. The Balaban J connectivity index is 1.34. The molecule has 5 nitrogen and oxygen atoms in total. The minimum Gasteiger partial charge on any atom is -0.355 e. The lowest BCUT2D eigenvalue weighted by atomic mass is 9.49. The van der Waals surface area contributed by atoms with Gasteiger partial charge in [-0.25, -0.2) is 0 Å². The molecule has 1 N–H and O–H groups in total. The number of carbonyl (C=O) groups is 2. The van der Waals surface area contributed by atoms with Crippen molar-refractivity contribution in [3.05, 3.63) is 35.4 Å². The Morgan fingerprint density at radius 1 is 1.03 bits per heavy atom. The predicted octanol–water partition coefficient (Wildman–Crippen LogP) is 4.32. The lowest BCUT2D eigenvalue weighted by Crippen LogP contribution is -2.53. The zero-order valence-electron chi connectivity index (χ0n) is 20.2. The molecule has 5 rings (SSSR count). The van der Waals surface area contributed by atoms with Crippen molar-refractivity contribution in [2.24, 2.45) is 23.2 Å². The Labute approximate surface area is 200 Å².